The standard InChI is InChI=1S/C28H48N4/c1-4-6-8-10-12-14-16-22-32(23-17-15-13-11-9-7-5-2)24-27-28(30-31-29-27)26-20-18-25(3)19-21-26/h18-21H,4-17,22-24H2,1-3H3,(H,29,30,31). The Morgan fingerprint density at radius 1 is 0.656 bits per heavy atom. The van der Waals surface area contributed by atoms with E-state index < -0.39 is 0 Å². The number of benzene rings is 1. The van der Waals surface area contributed by atoms with Gasteiger partial charge in [0.05, 0.1) is 0 Å². The molecule has 0 amide bonds. The fraction of sp³-hybridized carbons (Fsp3) is 0.714. The van der Waals surface area contributed by atoms with Crippen LogP contribution in [0.4, 0.5) is 0 Å². The van der Waals surface area contributed by atoms with E-state index in [1.54, 1.807) is 0 Å². The zero-order valence-electron chi connectivity index (χ0n) is 21.2. The average Bonchev–Trinajstić information content (AvgIpc) is 3.26. The summed E-state index contributed by atoms with van der Waals surface area (Å²) in [6.07, 6.45) is 19.1. The highest BCUT2D eigenvalue weighted by Crippen LogP contribution is 2.22. The number of nitrogens with zero attached hydrogens (tertiary/aromatic N) is 3. The first-order valence-electron chi connectivity index (χ1n) is 13.4. The maximum Gasteiger partial charge on any atom is 0.117 e. The van der Waals surface area contributed by atoms with Gasteiger partial charge in [-0.25, -0.2) is 0 Å². The first-order valence-corrected chi connectivity index (χ1v) is 13.4. The summed E-state index contributed by atoms with van der Waals surface area (Å²) in [5.74, 6) is 0. The fourth-order valence-electron chi connectivity index (χ4n) is 4.37. The fourth-order valence-corrected chi connectivity index (χ4v) is 4.37. The lowest BCUT2D eigenvalue weighted by Crippen LogP contribution is -2.26. The van der Waals surface area contributed by atoms with Gasteiger partial charge in [0.25, 0.3) is 0 Å². The number of aryl methyl sites for hydroxylation is 1. The molecule has 0 aliphatic heterocycles. The van der Waals surface area contributed by atoms with E-state index >= 15 is 0 Å². The van der Waals surface area contributed by atoms with Crippen molar-refractivity contribution in [2.75, 3.05) is 13.1 Å². The summed E-state index contributed by atoms with van der Waals surface area (Å²) in [5.41, 5.74) is 4.53. The van der Waals surface area contributed by atoms with E-state index in [4.69, 9.17) is 0 Å². The summed E-state index contributed by atoms with van der Waals surface area (Å²) in [7, 11) is 0. The van der Waals surface area contributed by atoms with Crippen LogP contribution in [-0.2, 0) is 6.54 Å². The minimum atomic E-state index is 0.894. The van der Waals surface area contributed by atoms with E-state index in [1.165, 1.54) is 109 Å². The van der Waals surface area contributed by atoms with Gasteiger partial charge in [-0.1, -0.05) is 121 Å². The van der Waals surface area contributed by atoms with Crippen LogP contribution >= 0.6 is 0 Å². The normalized spacial score (nSPS) is 11.5. The largest absolute Gasteiger partial charge is 0.297 e. The Bertz CT molecular complexity index is 674. The van der Waals surface area contributed by atoms with Crippen molar-refractivity contribution in [3.63, 3.8) is 0 Å². The summed E-state index contributed by atoms with van der Waals surface area (Å²) < 4.78 is 0. The highest BCUT2D eigenvalue weighted by molar-refractivity contribution is 5.61. The summed E-state index contributed by atoms with van der Waals surface area (Å²) in [6, 6.07) is 8.63. The Morgan fingerprint density at radius 3 is 1.69 bits per heavy atom. The second-order valence-corrected chi connectivity index (χ2v) is 9.50. The molecule has 32 heavy (non-hydrogen) atoms. The molecule has 0 atom stereocenters. The molecular formula is C28H48N4. The van der Waals surface area contributed by atoms with Crippen molar-refractivity contribution in [3.8, 4) is 11.3 Å². The van der Waals surface area contributed by atoms with Gasteiger partial charge < -0.3 is 0 Å². The Morgan fingerprint density at radius 2 is 1.16 bits per heavy atom. The third kappa shape index (κ3) is 10.8. The van der Waals surface area contributed by atoms with Crippen LogP contribution in [0.15, 0.2) is 24.3 Å². The van der Waals surface area contributed by atoms with E-state index in [2.05, 4.69) is 65.3 Å². The number of nitrogens with one attached hydrogen (secondary N) is 1. The van der Waals surface area contributed by atoms with Gasteiger partial charge in [-0.3, -0.25) is 4.90 Å². The highest BCUT2D eigenvalue weighted by atomic mass is 15.3. The Balaban J connectivity index is 1.85. The molecule has 0 aliphatic carbocycles. The molecule has 2 rings (SSSR count). The SMILES string of the molecule is CCCCCCCCCN(CCCCCCCCC)Cc1n[nH]nc1-c1ccc(C)cc1. The molecule has 4 nitrogen and oxygen atoms in total. The molecule has 1 aromatic heterocycles. The van der Waals surface area contributed by atoms with Crippen LogP contribution in [0.25, 0.3) is 11.3 Å². The molecule has 180 valence electrons. The number of aromatic amines is 1. The smallest absolute Gasteiger partial charge is 0.117 e. The lowest BCUT2D eigenvalue weighted by molar-refractivity contribution is 0.249. The monoisotopic (exact) mass is 440 g/mol. The van der Waals surface area contributed by atoms with Gasteiger partial charge >= 0.3 is 0 Å². The van der Waals surface area contributed by atoms with E-state index in [1.807, 2.05) is 0 Å². The minimum Gasteiger partial charge on any atom is -0.297 e. The van der Waals surface area contributed by atoms with Crippen molar-refractivity contribution < 1.29 is 0 Å². The second kappa shape index (κ2) is 16.9. The van der Waals surface area contributed by atoms with Crippen LogP contribution in [0.5, 0.6) is 0 Å². The third-order valence-corrected chi connectivity index (χ3v) is 6.47. The van der Waals surface area contributed by atoms with Gasteiger partial charge in [-0.05, 0) is 32.9 Å². The van der Waals surface area contributed by atoms with E-state index in [0.29, 0.717) is 0 Å². The molecule has 0 unspecified atom stereocenters. The van der Waals surface area contributed by atoms with Crippen LogP contribution in [0.3, 0.4) is 0 Å². The first-order chi connectivity index (χ1) is 15.7. The molecule has 0 aliphatic rings. The third-order valence-electron chi connectivity index (χ3n) is 6.47. The number of aromatic nitrogens is 3. The van der Waals surface area contributed by atoms with Crippen LogP contribution in [0.2, 0.25) is 0 Å². The van der Waals surface area contributed by atoms with Crippen LogP contribution in [0.1, 0.15) is 115 Å². The van der Waals surface area contributed by atoms with Crippen molar-refractivity contribution in [3.05, 3.63) is 35.5 Å². The minimum absolute atomic E-state index is 0.894. The topological polar surface area (TPSA) is 44.8 Å². The number of unbranched alkanes of at least 4 members (excludes halogenated alkanes) is 12. The van der Waals surface area contributed by atoms with Crippen LogP contribution < -0.4 is 0 Å². The average molecular weight is 441 g/mol. The molecule has 1 heterocycles. The molecule has 0 saturated heterocycles. The van der Waals surface area contributed by atoms with Crippen molar-refractivity contribution >= 4 is 0 Å². The second-order valence-electron chi connectivity index (χ2n) is 9.50. The maximum atomic E-state index is 4.53. The van der Waals surface area contributed by atoms with E-state index in [-0.39, 0.29) is 0 Å². The van der Waals surface area contributed by atoms with E-state index in [0.717, 1.165) is 23.5 Å². The molecular weight excluding hydrogens is 392 g/mol. The van der Waals surface area contributed by atoms with Crippen LogP contribution in [-0.4, -0.2) is 33.4 Å². The number of hydrogen-bond acceptors (Lipinski definition) is 3. The highest BCUT2D eigenvalue weighted by Gasteiger charge is 2.14. The summed E-state index contributed by atoms with van der Waals surface area (Å²) >= 11 is 0. The molecule has 1 aromatic carbocycles. The quantitative estimate of drug-likeness (QED) is 0.224. The number of hydrogen-bond donors (Lipinski definition) is 1. The van der Waals surface area contributed by atoms with Crippen LogP contribution in [0, 0.1) is 6.92 Å². The molecule has 2 aromatic rings. The van der Waals surface area contributed by atoms with Gasteiger partial charge in [0.2, 0.25) is 0 Å². The summed E-state index contributed by atoms with van der Waals surface area (Å²) in [6.45, 7) is 9.94. The van der Waals surface area contributed by atoms with Crippen molar-refractivity contribution in [1.82, 2.24) is 20.3 Å². The zero-order chi connectivity index (χ0) is 22.9. The van der Waals surface area contributed by atoms with Gasteiger partial charge in [0.15, 0.2) is 0 Å². The zero-order valence-corrected chi connectivity index (χ0v) is 21.2. The molecule has 1 N–H and O–H groups in total. The molecule has 0 radical (unpaired) electrons. The molecule has 0 saturated carbocycles. The summed E-state index contributed by atoms with van der Waals surface area (Å²) in [4.78, 5) is 2.62. The first kappa shape index (κ1) is 26.6. The van der Waals surface area contributed by atoms with Crippen molar-refractivity contribution in [1.29, 1.82) is 0 Å². The molecule has 0 spiro atoms. The van der Waals surface area contributed by atoms with Gasteiger partial charge in [-0.15, -0.1) is 0 Å². The van der Waals surface area contributed by atoms with Gasteiger partial charge in [0.1, 0.15) is 11.4 Å². The Labute approximate surface area is 197 Å². The summed E-state index contributed by atoms with van der Waals surface area (Å²) in [5, 5.41) is 11.9. The lowest BCUT2D eigenvalue weighted by atomic mass is 10.1. The molecule has 0 fully saturated rings. The Kier molecular flexibility index (Phi) is 14.0. The lowest BCUT2D eigenvalue weighted by Gasteiger charge is -2.22. The maximum absolute atomic E-state index is 4.53. The molecule has 0 bridgehead atoms. The predicted molar refractivity (Wildman–Crippen MR) is 138 cm³/mol. The Hall–Kier alpha value is -1.68. The predicted octanol–water partition coefficient (Wildman–Crippen LogP) is 8.08. The number of H-pyrrole nitrogens is 1. The molecule has 4 heteroatoms. The van der Waals surface area contributed by atoms with Crippen molar-refractivity contribution in [2.24, 2.45) is 0 Å². The van der Waals surface area contributed by atoms with Gasteiger partial charge in [0, 0.05) is 12.1 Å². The van der Waals surface area contributed by atoms with E-state index in [9.17, 15) is 0 Å². The van der Waals surface area contributed by atoms with Crippen molar-refractivity contribution in [2.45, 2.75) is 117 Å². The van der Waals surface area contributed by atoms with Gasteiger partial charge in [-0.2, -0.15) is 15.4 Å². The number of rotatable bonds is 19.